The second kappa shape index (κ2) is 8.13. The molecule has 0 saturated carbocycles. The summed E-state index contributed by atoms with van der Waals surface area (Å²) in [5.74, 6) is 0.576. The largest absolute Gasteiger partial charge is 0.479 e. The monoisotopic (exact) mass is 412 g/mol. The van der Waals surface area contributed by atoms with Crippen LogP contribution in [0.5, 0.6) is 5.88 Å². The van der Waals surface area contributed by atoms with Crippen LogP contribution in [0.15, 0.2) is 24.3 Å². The smallest absolute Gasteiger partial charge is 0.240 e. The number of aryl methyl sites for hydroxylation is 2. The summed E-state index contributed by atoms with van der Waals surface area (Å²) in [6.07, 6.45) is 0. The first-order chi connectivity index (χ1) is 12.4. The van der Waals surface area contributed by atoms with Crippen LogP contribution in [0.1, 0.15) is 11.3 Å². The van der Waals surface area contributed by atoms with Crippen LogP contribution in [0.25, 0.3) is 0 Å². The van der Waals surface area contributed by atoms with Gasteiger partial charge in [-0.2, -0.15) is 0 Å². The Balaban J connectivity index is 1.72. The number of rotatable bonds is 4. The van der Waals surface area contributed by atoms with Crippen molar-refractivity contribution < 1.29 is 4.74 Å². The third-order valence-electron chi connectivity index (χ3n) is 4.56. The van der Waals surface area contributed by atoms with Crippen molar-refractivity contribution in [2.45, 2.75) is 13.8 Å². The summed E-state index contributed by atoms with van der Waals surface area (Å²) in [6, 6.07) is 7.68. The van der Waals surface area contributed by atoms with Gasteiger partial charge >= 0.3 is 0 Å². The van der Waals surface area contributed by atoms with Crippen molar-refractivity contribution >= 4 is 47.4 Å². The Bertz CT molecular complexity index is 777. The summed E-state index contributed by atoms with van der Waals surface area (Å²) in [5, 5.41) is 3.47. The molecule has 0 aliphatic carbocycles. The summed E-state index contributed by atoms with van der Waals surface area (Å²) < 4.78 is 7.28. The Labute approximate surface area is 170 Å². The van der Waals surface area contributed by atoms with Gasteiger partial charge in [-0.25, -0.2) is 14.4 Å². The van der Waals surface area contributed by atoms with E-state index in [-0.39, 0.29) is 0 Å². The number of anilines is 2. The second-order valence-electron chi connectivity index (χ2n) is 6.28. The van der Waals surface area contributed by atoms with Gasteiger partial charge in [0.15, 0.2) is 0 Å². The normalized spacial score (nSPS) is 15.2. The lowest BCUT2D eigenvalue weighted by Crippen LogP contribution is -2.51. The molecule has 0 radical (unpaired) electrons. The van der Waals surface area contributed by atoms with E-state index < -0.39 is 0 Å². The zero-order valence-electron chi connectivity index (χ0n) is 15.0. The van der Waals surface area contributed by atoms with Crippen molar-refractivity contribution in [3.05, 3.63) is 45.6 Å². The van der Waals surface area contributed by atoms with E-state index in [0.717, 1.165) is 48.8 Å². The molecule has 5 nitrogen and oxygen atoms in total. The highest BCUT2D eigenvalue weighted by Crippen LogP contribution is 2.32. The van der Waals surface area contributed by atoms with Gasteiger partial charge in [-0.1, -0.05) is 23.2 Å². The van der Waals surface area contributed by atoms with E-state index >= 15 is 0 Å². The lowest BCUT2D eigenvalue weighted by Gasteiger charge is -2.40. The lowest BCUT2D eigenvalue weighted by atomic mass is 10.2. The fourth-order valence-corrected chi connectivity index (χ4v) is 3.82. The molecule has 1 aliphatic heterocycles. The maximum atomic E-state index is 6.13. The van der Waals surface area contributed by atoms with Crippen molar-refractivity contribution in [1.29, 1.82) is 0 Å². The molecule has 1 aromatic carbocycles. The van der Waals surface area contributed by atoms with Crippen molar-refractivity contribution in [2.24, 2.45) is 0 Å². The molecule has 0 amide bonds. The summed E-state index contributed by atoms with van der Waals surface area (Å²) in [7, 11) is 1.63. The fourth-order valence-electron chi connectivity index (χ4n) is 2.98. The SMILES string of the molecule is COc1nc(C)c(C)cc1N(S)N1CCN(c2cc(Cl)cc(Cl)c2)CC1. The van der Waals surface area contributed by atoms with Gasteiger partial charge in [0.1, 0.15) is 5.69 Å². The van der Waals surface area contributed by atoms with Crippen LogP contribution in [-0.4, -0.2) is 43.3 Å². The molecular weight excluding hydrogens is 391 g/mol. The van der Waals surface area contributed by atoms with Gasteiger partial charge in [0.2, 0.25) is 5.88 Å². The minimum Gasteiger partial charge on any atom is -0.479 e. The predicted octanol–water partition coefficient (Wildman–Crippen LogP) is 4.40. The van der Waals surface area contributed by atoms with Crippen LogP contribution < -0.4 is 14.1 Å². The van der Waals surface area contributed by atoms with Gasteiger partial charge in [-0.15, -0.1) is 0 Å². The molecular formula is C18H22Cl2N4OS. The number of methoxy groups -OCH3 is 1. The Kier molecular flexibility index (Phi) is 6.07. The number of pyridine rings is 1. The van der Waals surface area contributed by atoms with Crippen molar-refractivity contribution in [3.63, 3.8) is 0 Å². The topological polar surface area (TPSA) is 31.8 Å². The number of thiol groups is 1. The summed E-state index contributed by atoms with van der Waals surface area (Å²) in [6.45, 7) is 7.31. The van der Waals surface area contributed by atoms with E-state index in [1.165, 1.54) is 0 Å². The average molecular weight is 413 g/mol. The lowest BCUT2D eigenvalue weighted by molar-refractivity contribution is 0.276. The second-order valence-corrected chi connectivity index (χ2v) is 7.53. The molecule has 2 heterocycles. The molecule has 3 rings (SSSR count). The van der Waals surface area contributed by atoms with Crippen LogP contribution in [0.2, 0.25) is 10.0 Å². The number of hydrazine groups is 1. The molecule has 26 heavy (non-hydrogen) atoms. The summed E-state index contributed by atoms with van der Waals surface area (Å²) >= 11 is 16.9. The predicted molar refractivity (Wildman–Crippen MR) is 112 cm³/mol. The molecule has 0 unspecified atom stereocenters. The highest BCUT2D eigenvalue weighted by molar-refractivity contribution is 7.81. The summed E-state index contributed by atoms with van der Waals surface area (Å²) in [5.41, 5.74) is 3.94. The number of piperazine rings is 1. The number of nitrogens with zero attached hydrogens (tertiary/aromatic N) is 4. The van der Waals surface area contributed by atoms with Gasteiger partial charge in [0.25, 0.3) is 0 Å². The third-order valence-corrected chi connectivity index (χ3v) is 5.46. The third kappa shape index (κ3) is 4.14. The van der Waals surface area contributed by atoms with Crippen LogP contribution in [0.4, 0.5) is 11.4 Å². The quantitative estimate of drug-likeness (QED) is 0.751. The number of hydrogen-bond donors (Lipinski definition) is 1. The van der Waals surface area contributed by atoms with Gasteiger partial charge in [-0.3, -0.25) is 0 Å². The molecule has 2 aromatic rings. The summed E-state index contributed by atoms with van der Waals surface area (Å²) in [4.78, 5) is 6.78. The first-order valence-corrected chi connectivity index (χ1v) is 9.52. The van der Waals surface area contributed by atoms with Gasteiger partial charge in [0, 0.05) is 47.6 Å². The fraction of sp³-hybridized carbons (Fsp3) is 0.389. The maximum absolute atomic E-state index is 6.13. The average Bonchev–Trinajstić information content (AvgIpc) is 2.62. The Hall–Kier alpha value is -1.34. The van der Waals surface area contributed by atoms with Crippen molar-refractivity contribution in [3.8, 4) is 5.88 Å². The van der Waals surface area contributed by atoms with Gasteiger partial charge < -0.3 is 9.64 Å². The van der Waals surface area contributed by atoms with E-state index in [4.69, 9.17) is 40.8 Å². The Morgan fingerprint density at radius 2 is 1.65 bits per heavy atom. The first-order valence-electron chi connectivity index (χ1n) is 8.36. The molecule has 0 spiro atoms. The highest BCUT2D eigenvalue weighted by Gasteiger charge is 2.24. The van der Waals surface area contributed by atoms with E-state index in [1.54, 1.807) is 13.2 Å². The molecule has 140 valence electrons. The molecule has 0 N–H and O–H groups in total. The van der Waals surface area contributed by atoms with Crippen LogP contribution >= 0.6 is 36.0 Å². The zero-order chi connectivity index (χ0) is 18.8. The molecule has 0 atom stereocenters. The molecule has 8 heteroatoms. The van der Waals surface area contributed by atoms with Crippen molar-refractivity contribution in [2.75, 3.05) is 42.6 Å². The molecule has 0 bridgehead atoms. The number of aromatic nitrogens is 1. The van der Waals surface area contributed by atoms with E-state index in [0.29, 0.717) is 15.9 Å². The molecule has 1 saturated heterocycles. The van der Waals surface area contributed by atoms with E-state index in [2.05, 4.69) is 21.0 Å². The zero-order valence-corrected chi connectivity index (χ0v) is 17.4. The minimum atomic E-state index is 0.576. The Morgan fingerprint density at radius 1 is 1.04 bits per heavy atom. The number of hydrogen-bond acceptors (Lipinski definition) is 6. The minimum absolute atomic E-state index is 0.576. The van der Waals surface area contributed by atoms with E-state index in [9.17, 15) is 0 Å². The number of halogens is 2. The standard InChI is InChI=1S/C18H22Cl2N4OS/c1-12-8-17(18(25-3)21-13(12)2)24(26)23-6-4-22(5-7-23)16-10-14(19)9-15(20)11-16/h8-11,26H,4-7H2,1-3H3. The molecule has 1 aliphatic rings. The van der Waals surface area contributed by atoms with Gasteiger partial charge in [0.05, 0.1) is 7.11 Å². The van der Waals surface area contributed by atoms with Gasteiger partial charge in [-0.05, 0) is 56.5 Å². The number of benzene rings is 1. The maximum Gasteiger partial charge on any atom is 0.240 e. The first kappa shape index (κ1) is 19.4. The molecule has 1 fully saturated rings. The van der Waals surface area contributed by atoms with Crippen molar-refractivity contribution in [1.82, 2.24) is 9.99 Å². The number of ether oxygens (including phenoxy) is 1. The Morgan fingerprint density at radius 3 is 2.23 bits per heavy atom. The highest BCUT2D eigenvalue weighted by atomic mass is 35.5. The van der Waals surface area contributed by atoms with Crippen LogP contribution in [-0.2, 0) is 0 Å². The van der Waals surface area contributed by atoms with E-state index in [1.807, 2.05) is 30.4 Å². The van der Waals surface area contributed by atoms with Crippen LogP contribution in [0, 0.1) is 13.8 Å². The van der Waals surface area contributed by atoms with Crippen LogP contribution in [0.3, 0.4) is 0 Å². The molecule has 1 aromatic heterocycles.